The molecule has 0 saturated carbocycles. The van der Waals surface area contributed by atoms with Crippen molar-refractivity contribution in [3.8, 4) is 0 Å². The van der Waals surface area contributed by atoms with E-state index in [9.17, 15) is 31.9 Å². The number of benzene rings is 2. The van der Waals surface area contributed by atoms with E-state index in [2.05, 4.69) is 5.32 Å². The summed E-state index contributed by atoms with van der Waals surface area (Å²) >= 11 is 0. The summed E-state index contributed by atoms with van der Waals surface area (Å²) in [7, 11) is -4.92. The van der Waals surface area contributed by atoms with E-state index in [4.69, 9.17) is 25.2 Å². The average molecular weight is 500 g/mol. The van der Waals surface area contributed by atoms with E-state index in [-0.39, 0.29) is 19.5 Å². The van der Waals surface area contributed by atoms with Gasteiger partial charge in [0.15, 0.2) is 0 Å². The predicted molar refractivity (Wildman–Crippen MR) is 113 cm³/mol. The summed E-state index contributed by atoms with van der Waals surface area (Å²) in [6.07, 6.45) is -0.0818. The molecule has 0 atom stereocenters. The Morgan fingerprint density at radius 1 is 0.800 bits per heavy atom. The Hall–Kier alpha value is -3.46. The smallest absolute Gasteiger partial charge is 0.480 e. The zero-order valence-electron chi connectivity index (χ0n) is 17.7. The van der Waals surface area contributed by atoms with Crippen LogP contribution >= 0.6 is 0 Å². The van der Waals surface area contributed by atoms with Gasteiger partial charge in [-0.15, -0.1) is 0 Å². The van der Waals surface area contributed by atoms with Gasteiger partial charge < -0.3 is 35.4 Å². The van der Waals surface area contributed by atoms with E-state index in [1.807, 2.05) is 0 Å². The number of amides is 2. The Morgan fingerprint density at radius 2 is 1.23 bits per heavy atom. The molecule has 0 aliphatic rings. The topological polar surface area (TPSA) is 168 Å². The van der Waals surface area contributed by atoms with Crippen LogP contribution in [0.1, 0.15) is 27.1 Å². The van der Waals surface area contributed by atoms with Crippen LogP contribution in [-0.2, 0) is 4.79 Å². The fraction of sp³-hybridized carbons (Fsp3) is 0.211. The van der Waals surface area contributed by atoms with Crippen molar-refractivity contribution in [1.29, 1.82) is 0 Å². The number of hydrogen-bond acceptors (Lipinski definition) is 7. The molecule has 0 aromatic heterocycles. The molecule has 16 heteroatoms. The molecule has 0 aliphatic carbocycles. The zero-order chi connectivity index (χ0) is 26.4. The van der Waals surface area contributed by atoms with Gasteiger partial charge in [0.2, 0.25) is 0 Å². The molecule has 0 heterocycles. The highest BCUT2D eigenvalue weighted by atomic mass is 19.1. The third-order valence-electron chi connectivity index (χ3n) is 4.69. The van der Waals surface area contributed by atoms with E-state index in [0.29, 0.717) is 29.2 Å². The summed E-state index contributed by atoms with van der Waals surface area (Å²) in [5, 5.41) is 47.1. The lowest BCUT2D eigenvalue weighted by Crippen LogP contribution is -2.40. The van der Waals surface area contributed by atoms with Crippen LogP contribution in [0.4, 0.5) is 17.6 Å². The first-order chi connectivity index (χ1) is 16.3. The van der Waals surface area contributed by atoms with Gasteiger partial charge in [0.05, 0.1) is 10.9 Å². The van der Waals surface area contributed by atoms with Crippen molar-refractivity contribution in [3.63, 3.8) is 0 Å². The molecule has 0 radical (unpaired) electrons. The van der Waals surface area contributed by atoms with Gasteiger partial charge in [0, 0.05) is 24.2 Å². The van der Waals surface area contributed by atoms with Crippen LogP contribution in [0.25, 0.3) is 0 Å². The number of rotatable bonds is 10. The molecule has 0 saturated heterocycles. The van der Waals surface area contributed by atoms with Gasteiger partial charge in [0.25, 0.3) is 11.8 Å². The number of carboxylic acid groups (broad SMARTS) is 1. The molecule has 2 aromatic rings. The Kier molecular flexibility index (Phi) is 9.36. The normalized spacial score (nSPS) is 10.6. The first-order valence-corrected chi connectivity index (χ1v) is 9.82. The fourth-order valence-electron chi connectivity index (χ4n) is 3.09. The SMILES string of the molecule is O=C(O)CN(CCCNC(=O)c1cc(F)c(B(O)O)c(F)c1)C(=O)c1cc(F)c(B(O)O)c(F)c1. The van der Waals surface area contributed by atoms with Crippen LogP contribution in [0.3, 0.4) is 0 Å². The molecule has 186 valence electrons. The molecule has 0 bridgehead atoms. The Balaban J connectivity index is 2.06. The van der Waals surface area contributed by atoms with Gasteiger partial charge in [-0.3, -0.25) is 14.4 Å². The number of nitrogens with one attached hydrogen (secondary N) is 1. The van der Waals surface area contributed by atoms with Gasteiger partial charge in [-0.05, 0) is 30.7 Å². The van der Waals surface area contributed by atoms with Crippen LogP contribution in [0.15, 0.2) is 24.3 Å². The molecule has 0 unspecified atom stereocenters. The van der Waals surface area contributed by atoms with Crippen molar-refractivity contribution in [2.75, 3.05) is 19.6 Å². The number of aliphatic carboxylic acids is 1. The quantitative estimate of drug-likeness (QED) is 0.123. The summed E-state index contributed by atoms with van der Waals surface area (Å²) in [5.74, 6) is -9.14. The van der Waals surface area contributed by atoms with Crippen LogP contribution in [0.2, 0.25) is 0 Å². The average Bonchev–Trinajstić information content (AvgIpc) is 2.73. The maximum Gasteiger partial charge on any atom is 0.494 e. The van der Waals surface area contributed by atoms with E-state index < -0.39 is 83.9 Å². The van der Waals surface area contributed by atoms with Crippen molar-refractivity contribution in [1.82, 2.24) is 10.2 Å². The molecule has 0 fully saturated rings. The molecule has 2 aromatic carbocycles. The predicted octanol–water partition coefficient (Wildman–Crippen LogP) is -2.05. The fourth-order valence-corrected chi connectivity index (χ4v) is 3.09. The first-order valence-electron chi connectivity index (χ1n) is 9.82. The number of carbonyl (C=O) groups is 3. The summed E-state index contributed by atoms with van der Waals surface area (Å²) in [5.41, 5.74) is -3.23. The summed E-state index contributed by atoms with van der Waals surface area (Å²) in [6, 6.07) is 2.16. The standard InChI is InChI=1S/C19H18B2F4N2O8/c22-11-4-9(5-12(23)16(11)20(32)33)18(30)26-2-1-3-27(8-15(28)29)19(31)10-6-13(24)17(21(34)35)14(25)7-10/h4-7,32-35H,1-3,8H2,(H,26,30)(H,28,29). The zero-order valence-corrected chi connectivity index (χ0v) is 17.7. The van der Waals surface area contributed by atoms with Gasteiger partial charge in [-0.2, -0.15) is 0 Å². The van der Waals surface area contributed by atoms with Crippen molar-refractivity contribution in [2.45, 2.75) is 6.42 Å². The second-order valence-corrected chi connectivity index (χ2v) is 7.18. The van der Waals surface area contributed by atoms with Gasteiger partial charge in [-0.25, -0.2) is 17.6 Å². The third-order valence-corrected chi connectivity index (χ3v) is 4.69. The van der Waals surface area contributed by atoms with Gasteiger partial charge in [-0.1, -0.05) is 0 Å². The second-order valence-electron chi connectivity index (χ2n) is 7.18. The second kappa shape index (κ2) is 11.8. The summed E-state index contributed by atoms with van der Waals surface area (Å²) in [4.78, 5) is 36.5. The van der Waals surface area contributed by atoms with E-state index in [1.165, 1.54) is 0 Å². The van der Waals surface area contributed by atoms with Gasteiger partial charge in [0.1, 0.15) is 29.8 Å². The van der Waals surface area contributed by atoms with Crippen LogP contribution in [0, 0.1) is 23.3 Å². The maximum atomic E-state index is 14.0. The molecular formula is C19H18B2F4N2O8. The lowest BCUT2D eigenvalue weighted by Gasteiger charge is -2.21. The largest absolute Gasteiger partial charge is 0.494 e. The molecular weight excluding hydrogens is 482 g/mol. The molecule has 2 rings (SSSR count). The lowest BCUT2D eigenvalue weighted by atomic mass is 9.79. The van der Waals surface area contributed by atoms with Crippen molar-refractivity contribution in [2.24, 2.45) is 0 Å². The van der Waals surface area contributed by atoms with Crippen LogP contribution in [0.5, 0.6) is 0 Å². The Bertz CT molecular complexity index is 1090. The minimum absolute atomic E-state index is 0.0818. The van der Waals surface area contributed by atoms with Crippen molar-refractivity contribution >= 4 is 42.9 Å². The molecule has 6 N–H and O–H groups in total. The van der Waals surface area contributed by atoms with E-state index >= 15 is 0 Å². The van der Waals surface area contributed by atoms with Crippen molar-refractivity contribution < 1.29 is 57.1 Å². The number of halogens is 4. The lowest BCUT2D eigenvalue weighted by molar-refractivity contribution is -0.137. The minimum Gasteiger partial charge on any atom is -0.480 e. The maximum absolute atomic E-state index is 14.0. The summed E-state index contributed by atoms with van der Waals surface area (Å²) < 4.78 is 55.5. The van der Waals surface area contributed by atoms with Crippen LogP contribution < -0.4 is 16.2 Å². The number of carbonyl (C=O) groups excluding carboxylic acids is 2. The van der Waals surface area contributed by atoms with E-state index in [1.54, 1.807) is 0 Å². The highest BCUT2D eigenvalue weighted by Crippen LogP contribution is 2.11. The monoisotopic (exact) mass is 500 g/mol. The number of hydrogen-bond donors (Lipinski definition) is 6. The molecule has 10 nitrogen and oxygen atoms in total. The molecule has 35 heavy (non-hydrogen) atoms. The van der Waals surface area contributed by atoms with E-state index in [0.717, 1.165) is 0 Å². The Morgan fingerprint density at radius 3 is 1.63 bits per heavy atom. The Labute approximate surface area is 195 Å². The summed E-state index contributed by atoms with van der Waals surface area (Å²) in [6.45, 7) is -1.41. The molecule has 0 aliphatic heterocycles. The van der Waals surface area contributed by atoms with Crippen molar-refractivity contribution in [3.05, 3.63) is 58.7 Å². The molecule has 2 amide bonds. The van der Waals surface area contributed by atoms with Crippen LogP contribution in [-0.4, -0.2) is 81.8 Å². The first kappa shape index (κ1) is 27.8. The molecule has 0 spiro atoms. The minimum atomic E-state index is -2.48. The number of carboxylic acids is 1. The number of nitrogens with zero attached hydrogens (tertiary/aromatic N) is 1. The third kappa shape index (κ3) is 7.02. The highest BCUT2D eigenvalue weighted by molar-refractivity contribution is 6.59. The van der Waals surface area contributed by atoms with Gasteiger partial charge >= 0.3 is 20.2 Å². The highest BCUT2D eigenvalue weighted by Gasteiger charge is 2.27.